The zero-order valence-electron chi connectivity index (χ0n) is 12.2. The summed E-state index contributed by atoms with van der Waals surface area (Å²) in [5.41, 5.74) is 8.69. The molecule has 0 radical (unpaired) electrons. The van der Waals surface area contributed by atoms with Crippen molar-refractivity contribution in [1.82, 2.24) is 4.90 Å². The van der Waals surface area contributed by atoms with Crippen molar-refractivity contribution in [2.75, 3.05) is 32.8 Å². The average Bonchev–Trinajstić information content (AvgIpc) is 2.81. The lowest BCUT2D eigenvalue weighted by molar-refractivity contribution is 0.0612. The fourth-order valence-corrected chi connectivity index (χ4v) is 3.22. The van der Waals surface area contributed by atoms with Gasteiger partial charge in [0.25, 0.3) is 0 Å². The molecule has 0 aromatic heterocycles. The molecule has 2 atom stereocenters. The van der Waals surface area contributed by atoms with Gasteiger partial charge in [0.15, 0.2) is 0 Å². The van der Waals surface area contributed by atoms with Crippen LogP contribution in [0, 0.1) is 0 Å². The van der Waals surface area contributed by atoms with Crippen LogP contribution in [0.25, 0.3) is 0 Å². The molecule has 110 valence electrons. The van der Waals surface area contributed by atoms with Crippen molar-refractivity contribution in [3.63, 3.8) is 0 Å². The summed E-state index contributed by atoms with van der Waals surface area (Å²) in [6, 6.07) is 6.82. The minimum atomic E-state index is 0.282. The van der Waals surface area contributed by atoms with Gasteiger partial charge in [0, 0.05) is 38.7 Å². The molecule has 0 aliphatic carbocycles. The lowest BCUT2D eigenvalue weighted by Gasteiger charge is -2.31. The van der Waals surface area contributed by atoms with Gasteiger partial charge in [-0.2, -0.15) is 0 Å². The monoisotopic (exact) mass is 276 g/mol. The number of fused-ring (bicyclic) bond motifs is 1. The third-order valence-electron chi connectivity index (χ3n) is 4.25. The van der Waals surface area contributed by atoms with Crippen LogP contribution >= 0.6 is 0 Å². The summed E-state index contributed by atoms with van der Waals surface area (Å²) < 4.78 is 11.3. The number of hydrogen-bond donors (Lipinski definition) is 1. The summed E-state index contributed by atoms with van der Waals surface area (Å²) in [7, 11) is 0. The van der Waals surface area contributed by atoms with Gasteiger partial charge in [0.2, 0.25) is 0 Å². The van der Waals surface area contributed by atoms with E-state index in [9.17, 15) is 0 Å². The van der Waals surface area contributed by atoms with E-state index in [-0.39, 0.29) is 12.1 Å². The Bertz CT molecular complexity index is 464. The molecule has 2 aliphatic rings. The first-order valence-electron chi connectivity index (χ1n) is 7.59. The molecule has 4 nitrogen and oxygen atoms in total. The van der Waals surface area contributed by atoms with E-state index < -0.39 is 0 Å². The molecule has 0 amide bonds. The number of nitrogens with two attached hydrogens (primary N) is 1. The van der Waals surface area contributed by atoms with E-state index in [2.05, 4.69) is 30.0 Å². The maximum absolute atomic E-state index is 6.06. The summed E-state index contributed by atoms with van der Waals surface area (Å²) in [6.07, 6.45) is 2.37. The molecule has 2 heterocycles. The van der Waals surface area contributed by atoms with Crippen LogP contribution in [-0.2, 0) is 11.2 Å². The Morgan fingerprint density at radius 3 is 3.15 bits per heavy atom. The van der Waals surface area contributed by atoms with Crippen LogP contribution in [0.1, 0.15) is 30.5 Å². The molecule has 2 unspecified atom stereocenters. The third-order valence-corrected chi connectivity index (χ3v) is 4.25. The van der Waals surface area contributed by atoms with Crippen molar-refractivity contribution in [3.05, 3.63) is 29.3 Å². The van der Waals surface area contributed by atoms with Crippen LogP contribution in [0.4, 0.5) is 0 Å². The van der Waals surface area contributed by atoms with E-state index in [0.717, 1.165) is 44.9 Å². The minimum Gasteiger partial charge on any atom is -0.493 e. The highest BCUT2D eigenvalue weighted by Crippen LogP contribution is 2.30. The van der Waals surface area contributed by atoms with E-state index in [1.54, 1.807) is 0 Å². The van der Waals surface area contributed by atoms with Crippen molar-refractivity contribution >= 4 is 0 Å². The van der Waals surface area contributed by atoms with Crippen LogP contribution in [0.3, 0.4) is 0 Å². The molecule has 3 rings (SSSR count). The van der Waals surface area contributed by atoms with Crippen LogP contribution in [0.5, 0.6) is 5.75 Å². The second kappa shape index (κ2) is 6.12. The lowest BCUT2D eigenvalue weighted by Crippen LogP contribution is -2.37. The van der Waals surface area contributed by atoms with E-state index >= 15 is 0 Å². The normalized spacial score (nSPS) is 24.8. The predicted molar refractivity (Wildman–Crippen MR) is 79.0 cm³/mol. The van der Waals surface area contributed by atoms with Gasteiger partial charge in [-0.15, -0.1) is 0 Å². The molecular weight excluding hydrogens is 252 g/mol. The first kappa shape index (κ1) is 13.9. The number of rotatable bonds is 3. The third kappa shape index (κ3) is 2.82. The number of benzene rings is 1. The van der Waals surface area contributed by atoms with E-state index in [4.69, 9.17) is 15.2 Å². The maximum Gasteiger partial charge on any atom is 0.122 e. The molecule has 0 bridgehead atoms. The number of hydrogen-bond acceptors (Lipinski definition) is 4. The van der Waals surface area contributed by atoms with Gasteiger partial charge in [0.05, 0.1) is 12.7 Å². The van der Waals surface area contributed by atoms with E-state index in [1.165, 1.54) is 11.1 Å². The van der Waals surface area contributed by atoms with Gasteiger partial charge in [0.1, 0.15) is 5.75 Å². The molecule has 2 N–H and O–H groups in total. The maximum atomic E-state index is 6.06. The smallest absolute Gasteiger partial charge is 0.122 e. The summed E-state index contributed by atoms with van der Waals surface area (Å²) in [4.78, 5) is 2.47. The Morgan fingerprint density at radius 1 is 1.40 bits per heavy atom. The molecule has 1 aromatic carbocycles. The van der Waals surface area contributed by atoms with Crippen LogP contribution < -0.4 is 10.5 Å². The first-order valence-corrected chi connectivity index (χ1v) is 7.59. The Hall–Kier alpha value is -1.10. The van der Waals surface area contributed by atoms with Gasteiger partial charge in [-0.25, -0.2) is 0 Å². The topological polar surface area (TPSA) is 47.7 Å². The highest BCUT2D eigenvalue weighted by molar-refractivity contribution is 5.41. The summed E-state index contributed by atoms with van der Waals surface area (Å²) in [5.74, 6) is 1.04. The first-order chi connectivity index (χ1) is 9.78. The second-order valence-electron chi connectivity index (χ2n) is 5.75. The molecule has 2 aliphatic heterocycles. The molecule has 0 spiro atoms. The molecule has 1 saturated heterocycles. The second-order valence-corrected chi connectivity index (χ2v) is 5.75. The fraction of sp³-hybridized carbons (Fsp3) is 0.625. The molecule has 1 aromatic rings. The summed E-state index contributed by atoms with van der Waals surface area (Å²) in [6.45, 7) is 6.46. The SMILES string of the molecule is CC1CN(C(CN)c2ccc3c(c2)CCO3)CCCO1. The van der Waals surface area contributed by atoms with Crippen LogP contribution in [0.2, 0.25) is 0 Å². The van der Waals surface area contributed by atoms with Gasteiger partial charge < -0.3 is 15.2 Å². The molecule has 1 fully saturated rings. The Labute approximate surface area is 120 Å². The highest BCUT2D eigenvalue weighted by Gasteiger charge is 2.24. The standard InChI is InChI=1S/C16H24N2O2/c1-12-11-18(6-2-7-19-12)15(10-17)13-3-4-16-14(9-13)5-8-20-16/h3-4,9,12,15H,2,5-8,10-11,17H2,1H3. The van der Waals surface area contributed by atoms with E-state index in [1.807, 2.05) is 0 Å². The minimum absolute atomic E-state index is 0.282. The predicted octanol–water partition coefficient (Wildman–Crippen LogP) is 1.73. The van der Waals surface area contributed by atoms with Gasteiger partial charge in [-0.05, 0) is 30.5 Å². The molecule has 20 heavy (non-hydrogen) atoms. The quantitative estimate of drug-likeness (QED) is 0.913. The van der Waals surface area contributed by atoms with Crippen molar-refractivity contribution in [2.45, 2.75) is 31.9 Å². The van der Waals surface area contributed by atoms with Crippen molar-refractivity contribution in [1.29, 1.82) is 0 Å². The highest BCUT2D eigenvalue weighted by atomic mass is 16.5. The Morgan fingerprint density at radius 2 is 2.30 bits per heavy atom. The van der Waals surface area contributed by atoms with Crippen molar-refractivity contribution in [3.8, 4) is 5.75 Å². The molecule has 4 heteroatoms. The summed E-state index contributed by atoms with van der Waals surface area (Å²) in [5, 5.41) is 0. The molecule has 0 saturated carbocycles. The van der Waals surface area contributed by atoms with Gasteiger partial charge >= 0.3 is 0 Å². The van der Waals surface area contributed by atoms with E-state index in [0.29, 0.717) is 6.54 Å². The Balaban J connectivity index is 1.81. The zero-order valence-corrected chi connectivity index (χ0v) is 12.2. The number of ether oxygens (including phenoxy) is 2. The van der Waals surface area contributed by atoms with Gasteiger partial charge in [-0.3, -0.25) is 4.90 Å². The Kier molecular flexibility index (Phi) is 4.24. The zero-order chi connectivity index (χ0) is 13.9. The van der Waals surface area contributed by atoms with Crippen molar-refractivity contribution < 1.29 is 9.47 Å². The lowest BCUT2D eigenvalue weighted by atomic mass is 10.0. The number of nitrogens with zero attached hydrogens (tertiary/aromatic N) is 1. The fourth-order valence-electron chi connectivity index (χ4n) is 3.22. The molecular formula is C16H24N2O2. The van der Waals surface area contributed by atoms with Crippen molar-refractivity contribution in [2.24, 2.45) is 5.73 Å². The summed E-state index contributed by atoms with van der Waals surface area (Å²) >= 11 is 0. The van der Waals surface area contributed by atoms with Gasteiger partial charge in [-0.1, -0.05) is 12.1 Å². The van der Waals surface area contributed by atoms with Crippen LogP contribution in [-0.4, -0.2) is 43.9 Å². The largest absolute Gasteiger partial charge is 0.493 e. The van der Waals surface area contributed by atoms with Crippen LogP contribution in [0.15, 0.2) is 18.2 Å². The average molecular weight is 276 g/mol.